The maximum absolute atomic E-state index is 12.7. The molecule has 176 valence electrons. The van der Waals surface area contributed by atoms with Crippen molar-refractivity contribution in [2.75, 3.05) is 0 Å². The zero-order valence-electron chi connectivity index (χ0n) is 20.2. The number of hydrogen-bond donors (Lipinski definition) is 1. The van der Waals surface area contributed by atoms with Crippen LogP contribution in [0.15, 0.2) is 67.4 Å². The van der Waals surface area contributed by atoms with Crippen LogP contribution < -0.4 is 5.32 Å². The Kier molecular flexibility index (Phi) is 6.49. The molecule has 8 heteroatoms. The number of ether oxygens (including phenoxy) is 1. The number of hydrogen-bond acceptors (Lipinski definition) is 5. The Labute approximate surface area is 199 Å². The summed E-state index contributed by atoms with van der Waals surface area (Å²) in [5.41, 5.74) is 4.20. The molecule has 0 saturated carbocycles. The summed E-state index contributed by atoms with van der Waals surface area (Å²) >= 11 is 0. The summed E-state index contributed by atoms with van der Waals surface area (Å²) in [6.45, 7) is 7.51. The predicted octanol–water partition coefficient (Wildman–Crippen LogP) is 4.78. The lowest BCUT2D eigenvalue weighted by molar-refractivity contribution is 0.0500. The van der Waals surface area contributed by atoms with Gasteiger partial charge in [0.25, 0.3) is 0 Å². The fourth-order valence-corrected chi connectivity index (χ4v) is 3.96. The van der Waals surface area contributed by atoms with Gasteiger partial charge in [-0.05, 0) is 52.0 Å². The lowest BCUT2D eigenvalue weighted by atomic mass is 10.1. The van der Waals surface area contributed by atoms with E-state index in [2.05, 4.69) is 27.4 Å². The second kappa shape index (κ2) is 9.51. The zero-order chi connectivity index (χ0) is 24.3. The minimum atomic E-state index is -0.598. The number of imidazole rings is 2. The molecule has 8 nitrogen and oxygen atoms in total. The Morgan fingerprint density at radius 2 is 1.88 bits per heavy atom. The number of nitrogens with zero attached hydrogens (tertiary/aromatic N) is 5. The molecule has 0 aliphatic carbocycles. The van der Waals surface area contributed by atoms with Gasteiger partial charge in [0.2, 0.25) is 0 Å². The number of amides is 1. The standard InChI is InChI=1S/C26H30N6O2/c1-18-23(19-9-11-21(12-10-19)32-15-14-27-17-32)31(5)24(29-18)22(16-20-8-6-7-13-28-20)30-25(33)34-26(2,3)4/h6-15,17,22H,16H2,1-5H3,(H,30,33). The van der Waals surface area contributed by atoms with Gasteiger partial charge >= 0.3 is 6.09 Å². The average Bonchev–Trinajstić information content (AvgIpc) is 3.41. The lowest BCUT2D eigenvalue weighted by Crippen LogP contribution is -2.36. The van der Waals surface area contributed by atoms with Crippen molar-refractivity contribution in [3.05, 3.63) is 84.6 Å². The van der Waals surface area contributed by atoms with Crippen molar-refractivity contribution in [2.24, 2.45) is 7.05 Å². The van der Waals surface area contributed by atoms with Gasteiger partial charge in [-0.25, -0.2) is 14.8 Å². The molecular weight excluding hydrogens is 428 g/mol. The predicted molar refractivity (Wildman–Crippen MR) is 131 cm³/mol. The third-order valence-electron chi connectivity index (χ3n) is 5.39. The monoisotopic (exact) mass is 458 g/mol. The molecule has 1 N–H and O–H groups in total. The van der Waals surface area contributed by atoms with Crippen LogP contribution >= 0.6 is 0 Å². The Hall–Kier alpha value is -3.94. The van der Waals surface area contributed by atoms with E-state index in [1.807, 2.05) is 80.4 Å². The number of nitrogens with one attached hydrogen (secondary N) is 1. The van der Waals surface area contributed by atoms with E-state index in [4.69, 9.17) is 9.72 Å². The molecule has 0 aliphatic heterocycles. The molecule has 1 aromatic carbocycles. The first-order valence-corrected chi connectivity index (χ1v) is 11.2. The maximum Gasteiger partial charge on any atom is 0.408 e. The maximum atomic E-state index is 12.7. The molecule has 1 amide bonds. The minimum absolute atomic E-state index is 0.410. The second-order valence-corrected chi connectivity index (χ2v) is 9.20. The van der Waals surface area contributed by atoms with Gasteiger partial charge in [0.1, 0.15) is 11.4 Å². The van der Waals surface area contributed by atoms with Crippen molar-refractivity contribution in [3.8, 4) is 16.9 Å². The quantitative estimate of drug-likeness (QED) is 0.449. The Bertz CT molecular complexity index is 1240. The highest BCUT2D eigenvalue weighted by Crippen LogP contribution is 2.28. The molecule has 4 rings (SSSR count). The highest BCUT2D eigenvalue weighted by atomic mass is 16.6. The molecular formula is C26H30N6O2. The van der Waals surface area contributed by atoms with E-state index in [0.29, 0.717) is 6.42 Å². The molecule has 3 aromatic heterocycles. The second-order valence-electron chi connectivity index (χ2n) is 9.20. The number of carbonyl (C=O) groups excluding carboxylic acids is 1. The van der Waals surface area contributed by atoms with E-state index in [1.54, 1.807) is 18.7 Å². The lowest BCUT2D eigenvalue weighted by Gasteiger charge is -2.23. The summed E-state index contributed by atoms with van der Waals surface area (Å²) in [7, 11) is 1.97. The summed E-state index contributed by atoms with van der Waals surface area (Å²) in [6, 6.07) is 13.6. The van der Waals surface area contributed by atoms with Crippen molar-refractivity contribution in [2.45, 2.75) is 45.8 Å². The highest BCUT2D eigenvalue weighted by Gasteiger charge is 2.26. The van der Waals surface area contributed by atoms with Crippen LogP contribution in [0.25, 0.3) is 16.9 Å². The number of aromatic nitrogens is 5. The van der Waals surface area contributed by atoms with Crippen LogP contribution in [-0.4, -0.2) is 35.8 Å². The molecule has 34 heavy (non-hydrogen) atoms. The van der Waals surface area contributed by atoms with Crippen LogP contribution in [0.4, 0.5) is 4.79 Å². The van der Waals surface area contributed by atoms with Crippen LogP contribution in [-0.2, 0) is 18.2 Å². The van der Waals surface area contributed by atoms with Gasteiger partial charge < -0.3 is 19.2 Å². The molecule has 0 radical (unpaired) electrons. The molecule has 1 unspecified atom stereocenters. The molecule has 0 bridgehead atoms. The van der Waals surface area contributed by atoms with Crippen LogP contribution in [0.1, 0.15) is 44.0 Å². The average molecular weight is 459 g/mol. The van der Waals surface area contributed by atoms with Crippen molar-refractivity contribution >= 4 is 6.09 Å². The smallest absolute Gasteiger partial charge is 0.408 e. The van der Waals surface area contributed by atoms with E-state index in [9.17, 15) is 4.79 Å². The number of pyridine rings is 1. The topological polar surface area (TPSA) is 86.9 Å². The van der Waals surface area contributed by atoms with Crippen molar-refractivity contribution in [1.29, 1.82) is 0 Å². The molecule has 4 aromatic rings. The number of rotatable bonds is 6. The van der Waals surface area contributed by atoms with E-state index in [1.165, 1.54) is 0 Å². The fraction of sp³-hybridized carbons (Fsp3) is 0.308. The van der Waals surface area contributed by atoms with E-state index >= 15 is 0 Å². The Balaban J connectivity index is 1.66. The van der Waals surface area contributed by atoms with Gasteiger partial charge in [-0.1, -0.05) is 18.2 Å². The fourth-order valence-electron chi connectivity index (χ4n) is 3.96. The first-order chi connectivity index (χ1) is 16.2. The van der Waals surface area contributed by atoms with Gasteiger partial charge in [-0.2, -0.15) is 0 Å². The van der Waals surface area contributed by atoms with Crippen LogP contribution in [0.5, 0.6) is 0 Å². The van der Waals surface area contributed by atoms with Gasteiger partial charge in [0.05, 0.1) is 23.8 Å². The molecule has 1 atom stereocenters. The third kappa shape index (κ3) is 5.33. The van der Waals surface area contributed by atoms with Crippen molar-refractivity contribution in [3.63, 3.8) is 0 Å². The largest absolute Gasteiger partial charge is 0.444 e. The number of benzene rings is 1. The molecule has 0 aliphatic rings. The normalized spacial score (nSPS) is 12.4. The Morgan fingerprint density at radius 3 is 2.50 bits per heavy atom. The van der Waals surface area contributed by atoms with E-state index in [-0.39, 0.29) is 0 Å². The summed E-state index contributed by atoms with van der Waals surface area (Å²) in [4.78, 5) is 26.1. The number of alkyl carbamates (subject to hydrolysis) is 1. The molecule has 0 saturated heterocycles. The highest BCUT2D eigenvalue weighted by molar-refractivity contribution is 5.69. The minimum Gasteiger partial charge on any atom is -0.444 e. The van der Waals surface area contributed by atoms with Gasteiger partial charge in [-0.15, -0.1) is 0 Å². The molecule has 0 fully saturated rings. The van der Waals surface area contributed by atoms with Crippen molar-refractivity contribution < 1.29 is 9.53 Å². The van der Waals surface area contributed by atoms with Crippen LogP contribution in [0, 0.1) is 6.92 Å². The van der Waals surface area contributed by atoms with Crippen LogP contribution in [0.2, 0.25) is 0 Å². The summed E-state index contributed by atoms with van der Waals surface area (Å²) in [6.07, 6.45) is 7.19. The Morgan fingerprint density at radius 1 is 1.12 bits per heavy atom. The summed E-state index contributed by atoms with van der Waals surface area (Å²) < 4.78 is 9.51. The molecule has 3 heterocycles. The van der Waals surface area contributed by atoms with E-state index in [0.717, 1.165) is 34.2 Å². The van der Waals surface area contributed by atoms with Gasteiger partial charge in [0.15, 0.2) is 0 Å². The van der Waals surface area contributed by atoms with E-state index < -0.39 is 17.7 Å². The number of carbonyl (C=O) groups is 1. The summed E-state index contributed by atoms with van der Waals surface area (Å²) in [5.74, 6) is 0.739. The SMILES string of the molecule is Cc1nc(C(Cc2ccccn2)NC(=O)OC(C)(C)C)n(C)c1-c1ccc(-n2ccnc2)cc1. The van der Waals surface area contributed by atoms with Gasteiger partial charge in [-0.3, -0.25) is 4.98 Å². The van der Waals surface area contributed by atoms with Gasteiger partial charge in [0, 0.05) is 49.0 Å². The van der Waals surface area contributed by atoms with Crippen molar-refractivity contribution in [1.82, 2.24) is 29.4 Å². The number of aryl methyl sites for hydroxylation is 1. The zero-order valence-corrected chi connectivity index (χ0v) is 20.2. The summed E-state index contributed by atoms with van der Waals surface area (Å²) in [5, 5.41) is 3.00. The molecule has 0 spiro atoms. The first kappa shape index (κ1) is 23.2. The third-order valence-corrected chi connectivity index (χ3v) is 5.39. The first-order valence-electron chi connectivity index (χ1n) is 11.2. The van der Waals surface area contributed by atoms with Crippen LogP contribution in [0.3, 0.4) is 0 Å².